The number of likely N-dealkylation sites (N-methyl/N-ethyl adjacent to an activating group) is 1. The standard InChI is InChI=1S/C32H45N5O/c1-6-7-11-27-14-16-28(17-15-27)32(38)36(19-18-25(2)3)24-30-26(4)33-37(29-12-9-8-10-13-29)31(30)35-22-20-34(5)21-23-35/h8-10,12-17,25H,6-7,11,18-24H2,1-5H3. The maximum Gasteiger partial charge on any atom is 0.254 e. The van der Waals surface area contributed by atoms with Crippen molar-refractivity contribution in [2.45, 2.75) is 59.9 Å². The number of para-hydroxylation sites is 1. The number of benzene rings is 2. The number of rotatable bonds is 11. The van der Waals surface area contributed by atoms with Gasteiger partial charge in [0.15, 0.2) is 0 Å². The van der Waals surface area contributed by atoms with Crippen LogP contribution in [0.25, 0.3) is 5.69 Å². The molecule has 1 saturated heterocycles. The van der Waals surface area contributed by atoms with E-state index in [-0.39, 0.29) is 5.91 Å². The van der Waals surface area contributed by atoms with E-state index in [9.17, 15) is 4.79 Å². The molecule has 1 aliphatic heterocycles. The van der Waals surface area contributed by atoms with Gasteiger partial charge in [0.05, 0.1) is 17.9 Å². The summed E-state index contributed by atoms with van der Waals surface area (Å²) in [6, 6.07) is 18.6. The van der Waals surface area contributed by atoms with Gasteiger partial charge in [-0.15, -0.1) is 0 Å². The van der Waals surface area contributed by atoms with Crippen molar-refractivity contribution in [3.05, 3.63) is 77.0 Å². The van der Waals surface area contributed by atoms with E-state index in [1.807, 2.05) is 23.1 Å². The van der Waals surface area contributed by atoms with E-state index >= 15 is 0 Å². The molecule has 0 N–H and O–H groups in total. The zero-order valence-electron chi connectivity index (χ0n) is 24.0. The Balaban J connectivity index is 1.68. The molecular weight excluding hydrogens is 470 g/mol. The van der Waals surface area contributed by atoms with Gasteiger partial charge in [-0.05, 0) is 69.0 Å². The number of aromatic nitrogens is 2. The van der Waals surface area contributed by atoms with Crippen LogP contribution in [0.2, 0.25) is 0 Å². The summed E-state index contributed by atoms with van der Waals surface area (Å²) in [4.78, 5) is 20.8. The number of piperazine rings is 1. The lowest BCUT2D eigenvalue weighted by Crippen LogP contribution is -2.45. The molecule has 1 aromatic heterocycles. The summed E-state index contributed by atoms with van der Waals surface area (Å²) in [7, 11) is 2.18. The smallest absolute Gasteiger partial charge is 0.254 e. The van der Waals surface area contributed by atoms with Gasteiger partial charge in [-0.25, -0.2) is 4.68 Å². The van der Waals surface area contributed by atoms with Crippen LogP contribution in [0.3, 0.4) is 0 Å². The van der Waals surface area contributed by atoms with Crippen LogP contribution in [-0.2, 0) is 13.0 Å². The van der Waals surface area contributed by atoms with E-state index in [0.29, 0.717) is 12.5 Å². The van der Waals surface area contributed by atoms with Crippen LogP contribution in [0.1, 0.15) is 67.2 Å². The quantitative estimate of drug-likeness (QED) is 0.316. The number of carbonyl (C=O) groups is 1. The Morgan fingerprint density at radius 2 is 1.68 bits per heavy atom. The van der Waals surface area contributed by atoms with E-state index in [2.05, 4.69) is 85.6 Å². The molecule has 0 aliphatic carbocycles. The number of unbranched alkanes of at least 4 members (excludes halogenated alkanes) is 1. The van der Waals surface area contributed by atoms with Gasteiger partial charge in [-0.1, -0.05) is 57.5 Å². The van der Waals surface area contributed by atoms with Crippen molar-refractivity contribution in [1.82, 2.24) is 19.6 Å². The molecule has 0 bridgehead atoms. The normalized spacial score (nSPS) is 14.3. The molecule has 0 saturated carbocycles. The lowest BCUT2D eigenvalue weighted by molar-refractivity contribution is 0.0735. The Kier molecular flexibility index (Phi) is 9.62. The van der Waals surface area contributed by atoms with Crippen molar-refractivity contribution >= 4 is 11.7 Å². The van der Waals surface area contributed by atoms with Crippen LogP contribution in [0.5, 0.6) is 0 Å². The molecule has 1 amide bonds. The highest BCUT2D eigenvalue weighted by Crippen LogP contribution is 2.30. The first-order valence-electron chi connectivity index (χ1n) is 14.3. The average Bonchev–Trinajstić information content (AvgIpc) is 3.26. The molecule has 6 heteroatoms. The minimum absolute atomic E-state index is 0.101. The summed E-state index contributed by atoms with van der Waals surface area (Å²) < 4.78 is 2.09. The highest BCUT2D eigenvalue weighted by atomic mass is 16.2. The van der Waals surface area contributed by atoms with Crippen molar-refractivity contribution in [3.63, 3.8) is 0 Å². The molecule has 3 aromatic rings. The molecule has 38 heavy (non-hydrogen) atoms. The third kappa shape index (κ3) is 6.84. The SMILES string of the molecule is CCCCc1ccc(C(=O)N(CCC(C)C)Cc2c(C)nn(-c3ccccc3)c2N2CCN(C)CC2)cc1. The van der Waals surface area contributed by atoms with Gasteiger partial charge in [0.25, 0.3) is 5.91 Å². The number of amides is 1. The van der Waals surface area contributed by atoms with Crippen molar-refractivity contribution in [2.75, 3.05) is 44.7 Å². The highest BCUT2D eigenvalue weighted by molar-refractivity contribution is 5.94. The Morgan fingerprint density at radius 1 is 1.00 bits per heavy atom. The third-order valence-electron chi connectivity index (χ3n) is 7.59. The first-order valence-corrected chi connectivity index (χ1v) is 14.3. The zero-order chi connectivity index (χ0) is 27.1. The van der Waals surface area contributed by atoms with Crippen LogP contribution in [-0.4, -0.2) is 65.3 Å². The molecule has 1 fully saturated rings. The number of hydrogen-bond acceptors (Lipinski definition) is 4. The van der Waals surface area contributed by atoms with Gasteiger partial charge in [-0.2, -0.15) is 5.10 Å². The molecule has 0 radical (unpaired) electrons. The summed E-state index contributed by atoms with van der Waals surface area (Å²) in [6.45, 7) is 13.9. The van der Waals surface area contributed by atoms with Crippen molar-refractivity contribution in [2.24, 2.45) is 5.92 Å². The molecule has 0 atom stereocenters. The molecule has 2 aromatic carbocycles. The van der Waals surface area contributed by atoms with Gasteiger partial charge in [0.2, 0.25) is 0 Å². The monoisotopic (exact) mass is 515 g/mol. The third-order valence-corrected chi connectivity index (χ3v) is 7.59. The molecule has 2 heterocycles. The summed E-state index contributed by atoms with van der Waals surface area (Å²) in [5.41, 5.74) is 5.26. The molecule has 1 aliphatic rings. The van der Waals surface area contributed by atoms with Crippen molar-refractivity contribution < 1.29 is 4.79 Å². The highest BCUT2D eigenvalue weighted by Gasteiger charge is 2.27. The van der Waals surface area contributed by atoms with E-state index in [1.165, 1.54) is 18.4 Å². The molecule has 0 spiro atoms. The van der Waals surface area contributed by atoms with E-state index < -0.39 is 0 Å². The number of hydrogen-bond donors (Lipinski definition) is 0. The van der Waals surface area contributed by atoms with Crippen LogP contribution in [0, 0.1) is 12.8 Å². The summed E-state index contributed by atoms with van der Waals surface area (Å²) in [5, 5.41) is 5.02. The van der Waals surface area contributed by atoms with Crippen molar-refractivity contribution in [3.8, 4) is 5.69 Å². The number of aryl methyl sites for hydroxylation is 2. The van der Waals surface area contributed by atoms with Gasteiger partial charge < -0.3 is 14.7 Å². The number of anilines is 1. The fourth-order valence-electron chi connectivity index (χ4n) is 5.06. The Bertz CT molecular complexity index is 1160. The Labute approximate surface area is 229 Å². The number of nitrogens with zero attached hydrogens (tertiary/aromatic N) is 5. The van der Waals surface area contributed by atoms with Gasteiger partial charge in [-0.3, -0.25) is 4.79 Å². The second kappa shape index (κ2) is 13.1. The zero-order valence-corrected chi connectivity index (χ0v) is 24.0. The molecule has 6 nitrogen and oxygen atoms in total. The van der Waals surface area contributed by atoms with Crippen LogP contribution in [0.15, 0.2) is 54.6 Å². The second-order valence-electron chi connectivity index (χ2n) is 11.1. The predicted octanol–water partition coefficient (Wildman–Crippen LogP) is 5.96. The minimum Gasteiger partial charge on any atom is -0.354 e. The Hall–Kier alpha value is -3.12. The fourth-order valence-corrected chi connectivity index (χ4v) is 5.06. The van der Waals surface area contributed by atoms with Gasteiger partial charge in [0.1, 0.15) is 5.82 Å². The summed E-state index contributed by atoms with van der Waals surface area (Å²) >= 11 is 0. The maximum atomic E-state index is 13.9. The summed E-state index contributed by atoms with van der Waals surface area (Å²) in [6.07, 6.45) is 4.38. The van der Waals surface area contributed by atoms with Crippen molar-refractivity contribution in [1.29, 1.82) is 0 Å². The first kappa shape index (κ1) is 27.9. The van der Waals surface area contributed by atoms with Gasteiger partial charge in [0, 0.05) is 43.9 Å². The van der Waals surface area contributed by atoms with Crippen LogP contribution < -0.4 is 4.90 Å². The van der Waals surface area contributed by atoms with Gasteiger partial charge >= 0.3 is 0 Å². The molecule has 204 valence electrons. The predicted molar refractivity (Wildman–Crippen MR) is 157 cm³/mol. The lowest BCUT2D eigenvalue weighted by Gasteiger charge is -2.35. The van der Waals surface area contributed by atoms with E-state index in [4.69, 9.17) is 5.10 Å². The fraction of sp³-hybridized carbons (Fsp3) is 0.500. The molecule has 4 rings (SSSR count). The summed E-state index contributed by atoms with van der Waals surface area (Å²) in [5.74, 6) is 1.75. The van der Waals surface area contributed by atoms with Crippen LogP contribution >= 0.6 is 0 Å². The Morgan fingerprint density at radius 3 is 2.32 bits per heavy atom. The topological polar surface area (TPSA) is 44.6 Å². The van der Waals surface area contributed by atoms with Crippen LogP contribution in [0.4, 0.5) is 5.82 Å². The van der Waals surface area contributed by atoms with E-state index in [1.54, 1.807) is 0 Å². The largest absolute Gasteiger partial charge is 0.354 e. The lowest BCUT2D eigenvalue weighted by atomic mass is 10.0. The second-order valence-corrected chi connectivity index (χ2v) is 11.1. The van der Waals surface area contributed by atoms with E-state index in [0.717, 1.165) is 73.9 Å². The first-order chi connectivity index (χ1) is 18.4. The number of carbonyl (C=O) groups excluding carboxylic acids is 1. The maximum absolute atomic E-state index is 13.9. The minimum atomic E-state index is 0.101. The average molecular weight is 516 g/mol. The molecular formula is C32H45N5O. The molecule has 0 unspecified atom stereocenters.